The summed E-state index contributed by atoms with van der Waals surface area (Å²) in [5.41, 5.74) is 8.27. The molecule has 36 heavy (non-hydrogen) atoms. The Labute approximate surface area is 213 Å². The Morgan fingerprint density at radius 3 is 2.58 bits per heavy atom. The van der Waals surface area contributed by atoms with E-state index in [1.807, 2.05) is 23.9 Å². The average Bonchev–Trinajstić information content (AvgIpc) is 3.51. The molecule has 1 fully saturated rings. The molecule has 4 heterocycles. The van der Waals surface area contributed by atoms with Crippen LogP contribution in [0.1, 0.15) is 17.0 Å². The van der Waals surface area contributed by atoms with Gasteiger partial charge in [0.2, 0.25) is 0 Å². The number of nitrogens with one attached hydrogen (secondary N) is 2. The van der Waals surface area contributed by atoms with Crippen LogP contribution in [-0.2, 0) is 17.6 Å². The first-order valence-electron chi connectivity index (χ1n) is 12.1. The van der Waals surface area contributed by atoms with E-state index in [1.54, 1.807) is 0 Å². The highest BCUT2D eigenvalue weighted by molar-refractivity contribution is 7.19. The van der Waals surface area contributed by atoms with Crippen molar-refractivity contribution in [1.29, 1.82) is 0 Å². The second-order valence-electron chi connectivity index (χ2n) is 8.94. The monoisotopic (exact) mass is 501 g/mol. The molecule has 10 heteroatoms. The molecule has 1 amide bonds. The van der Waals surface area contributed by atoms with Crippen LogP contribution in [-0.4, -0.2) is 59.1 Å². The van der Waals surface area contributed by atoms with E-state index in [0.29, 0.717) is 5.13 Å². The van der Waals surface area contributed by atoms with Gasteiger partial charge >= 0.3 is 6.09 Å². The number of fused-ring (bicyclic) bond motifs is 3. The fourth-order valence-corrected chi connectivity index (χ4v) is 5.87. The van der Waals surface area contributed by atoms with E-state index in [0.717, 1.165) is 77.9 Å². The van der Waals surface area contributed by atoms with Crippen molar-refractivity contribution < 1.29 is 9.53 Å². The van der Waals surface area contributed by atoms with Gasteiger partial charge in [-0.05, 0) is 56.2 Å². The Kier molecular flexibility index (Phi) is 5.90. The summed E-state index contributed by atoms with van der Waals surface area (Å²) >= 11 is 1.45. The maximum absolute atomic E-state index is 11.8. The fourth-order valence-electron chi connectivity index (χ4n) is 4.82. The van der Waals surface area contributed by atoms with E-state index in [-0.39, 0.29) is 0 Å². The van der Waals surface area contributed by atoms with E-state index in [4.69, 9.17) is 9.84 Å². The summed E-state index contributed by atoms with van der Waals surface area (Å²) in [6.07, 6.45) is 2.96. The highest BCUT2D eigenvalue weighted by Gasteiger charge is 2.30. The minimum atomic E-state index is -0.523. The summed E-state index contributed by atoms with van der Waals surface area (Å²) in [5, 5.41) is 11.8. The minimum Gasteiger partial charge on any atom is -0.453 e. The molecule has 0 spiro atoms. The van der Waals surface area contributed by atoms with Gasteiger partial charge in [0.25, 0.3) is 0 Å². The van der Waals surface area contributed by atoms with Crippen LogP contribution in [0.25, 0.3) is 27.5 Å². The van der Waals surface area contributed by atoms with Crippen molar-refractivity contribution in [3.63, 3.8) is 0 Å². The van der Waals surface area contributed by atoms with Gasteiger partial charge in [-0.2, -0.15) is 5.10 Å². The van der Waals surface area contributed by atoms with Crippen molar-refractivity contribution in [1.82, 2.24) is 25.1 Å². The predicted molar refractivity (Wildman–Crippen MR) is 141 cm³/mol. The van der Waals surface area contributed by atoms with Crippen molar-refractivity contribution in [2.75, 3.05) is 43.5 Å². The standard InChI is InChI=1S/C26H27N7O2S/c1-16-3-4-17(15-28-16)22-20-9-10-21-24(36-25(29-21)30-26(34)35-2)23(20)33(31-22)19-7-5-18(6-8-19)32-13-11-27-12-14-32/h3-8,15,27H,9-14H2,1-2H3,(H,29,30,34). The Bertz CT molecular complexity index is 1400. The largest absolute Gasteiger partial charge is 0.453 e. The topological polar surface area (TPSA) is 97.2 Å². The molecule has 9 nitrogen and oxygen atoms in total. The smallest absolute Gasteiger partial charge is 0.413 e. The van der Waals surface area contributed by atoms with Crippen molar-refractivity contribution in [2.45, 2.75) is 19.8 Å². The van der Waals surface area contributed by atoms with Crippen LogP contribution in [0.2, 0.25) is 0 Å². The van der Waals surface area contributed by atoms with E-state index in [2.05, 4.69) is 55.8 Å². The number of carbonyl (C=O) groups is 1. The molecule has 0 atom stereocenters. The molecular formula is C26H27N7O2S. The van der Waals surface area contributed by atoms with E-state index >= 15 is 0 Å². The van der Waals surface area contributed by atoms with E-state index < -0.39 is 6.09 Å². The number of thiazole rings is 1. The van der Waals surface area contributed by atoms with Gasteiger partial charge in [0.1, 0.15) is 0 Å². The number of nitrogens with zero attached hydrogens (tertiary/aromatic N) is 5. The molecule has 0 bridgehead atoms. The van der Waals surface area contributed by atoms with Crippen molar-refractivity contribution in [2.24, 2.45) is 0 Å². The number of carbonyl (C=O) groups excluding carboxylic acids is 1. The SMILES string of the molecule is COC(=O)Nc1nc2c(s1)-c1c(c(-c3ccc(C)nc3)nn1-c1ccc(N3CCNCC3)cc1)CC2. The highest BCUT2D eigenvalue weighted by atomic mass is 32.1. The first-order valence-corrected chi connectivity index (χ1v) is 12.9. The molecule has 0 unspecified atom stereocenters. The van der Waals surface area contributed by atoms with Gasteiger partial charge in [0.05, 0.1) is 34.8 Å². The third-order valence-electron chi connectivity index (χ3n) is 6.66. The fraction of sp³-hybridized carbons (Fsp3) is 0.308. The normalized spacial score (nSPS) is 14.8. The number of hydrogen-bond donors (Lipinski definition) is 2. The summed E-state index contributed by atoms with van der Waals surface area (Å²) in [4.78, 5) is 24.4. The summed E-state index contributed by atoms with van der Waals surface area (Å²) < 4.78 is 6.78. The van der Waals surface area contributed by atoms with Crippen LogP contribution in [0.4, 0.5) is 15.6 Å². The summed E-state index contributed by atoms with van der Waals surface area (Å²) in [7, 11) is 1.35. The third-order valence-corrected chi connectivity index (χ3v) is 7.68. The highest BCUT2D eigenvalue weighted by Crippen LogP contribution is 2.44. The van der Waals surface area contributed by atoms with Crippen LogP contribution >= 0.6 is 11.3 Å². The van der Waals surface area contributed by atoms with Gasteiger partial charge in [-0.25, -0.2) is 14.5 Å². The number of pyridine rings is 1. The van der Waals surface area contributed by atoms with Gasteiger partial charge in [-0.15, -0.1) is 0 Å². The zero-order chi connectivity index (χ0) is 24.6. The molecule has 1 aromatic carbocycles. The van der Waals surface area contributed by atoms with Gasteiger partial charge in [0, 0.05) is 54.9 Å². The Morgan fingerprint density at radius 2 is 1.86 bits per heavy atom. The lowest BCUT2D eigenvalue weighted by Crippen LogP contribution is -2.43. The Hall–Kier alpha value is -3.76. The number of aryl methyl sites for hydroxylation is 2. The van der Waals surface area contributed by atoms with Gasteiger partial charge in [-0.1, -0.05) is 11.3 Å². The van der Waals surface area contributed by atoms with E-state index in [1.165, 1.54) is 29.7 Å². The zero-order valence-electron chi connectivity index (χ0n) is 20.2. The lowest BCUT2D eigenvalue weighted by Gasteiger charge is -2.29. The molecule has 1 saturated heterocycles. The summed E-state index contributed by atoms with van der Waals surface area (Å²) in [6, 6.07) is 12.7. The second kappa shape index (κ2) is 9.36. The number of methoxy groups -OCH3 is 1. The molecule has 0 radical (unpaired) electrons. The Morgan fingerprint density at radius 1 is 1.08 bits per heavy atom. The number of amides is 1. The van der Waals surface area contributed by atoms with Crippen LogP contribution in [0, 0.1) is 6.92 Å². The molecule has 1 aliphatic heterocycles. The minimum absolute atomic E-state index is 0.523. The molecule has 1 aliphatic carbocycles. The summed E-state index contributed by atoms with van der Waals surface area (Å²) in [5.74, 6) is 0. The first kappa shape index (κ1) is 22.7. The van der Waals surface area contributed by atoms with Crippen molar-refractivity contribution >= 4 is 28.2 Å². The van der Waals surface area contributed by atoms with Gasteiger partial charge in [0.15, 0.2) is 5.13 Å². The third kappa shape index (κ3) is 4.12. The van der Waals surface area contributed by atoms with Gasteiger partial charge in [-0.3, -0.25) is 10.3 Å². The lowest BCUT2D eigenvalue weighted by atomic mass is 9.95. The van der Waals surface area contributed by atoms with Crippen molar-refractivity contribution in [3.8, 4) is 27.5 Å². The summed E-state index contributed by atoms with van der Waals surface area (Å²) in [6.45, 7) is 5.98. The number of ether oxygens (including phenoxy) is 1. The maximum Gasteiger partial charge on any atom is 0.413 e. The number of aromatic nitrogens is 4. The number of rotatable bonds is 4. The number of anilines is 2. The molecule has 0 saturated carbocycles. The van der Waals surface area contributed by atoms with Crippen LogP contribution in [0.3, 0.4) is 0 Å². The zero-order valence-corrected chi connectivity index (χ0v) is 21.1. The molecule has 184 valence electrons. The molecule has 6 rings (SSSR count). The molecule has 3 aromatic heterocycles. The molecule has 4 aromatic rings. The molecule has 2 aliphatic rings. The van der Waals surface area contributed by atoms with Crippen LogP contribution in [0.15, 0.2) is 42.6 Å². The number of benzene rings is 1. The molecular weight excluding hydrogens is 474 g/mol. The average molecular weight is 502 g/mol. The second-order valence-corrected chi connectivity index (χ2v) is 9.94. The van der Waals surface area contributed by atoms with E-state index in [9.17, 15) is 4.79 Å². The number of hydrogen-bond acceptors (Lipinski definition) is 8. The molecule has 2 N–H and O–H groups in total. The predicted octanol–water partition coefficient (Wildman–Crippen LogP) is 4.05. The lowest BCUT2D eigenvalue weighted by molar-refractivity contribution is 0.187. The quantitative estimate of drug-likeness (QED) is 0.435. The van der Waals surface area contributed by atoms with Crippen LogP contribution in [0.5, 0.6) is 0 Å². The Balaban J connectivity index is 1.45. The maximum atomic E-state index is 11.8. The number of piperazine rings is 1. The van der Waals surface area contributed by atoms with Gasteiger partial charge < -0.3 is 15.0 Å². The van der Waals surface area contributed by atoms with Crippen molar-refractivity contribution in [3.05, 3.63) is 59.5 Å². The van der Waals surface area contributed by atoms with Crippen LogP contribution < -0.4 is 15.5 Å². The first-order chi connectivity index (χ1) is 17.6.